The van der Waals surface area contributed by atoms with Crippen molar-refractivity contribution in [1.82, 2.24) is 4.72 Å². The molecular weight excluding hydrogens is 300 g/mol. The number of carbonyl (C=O) groups is 1. The molecule has 0 spiro atoms. The van der Waals surface area contributed by atoms with E-state index in [0.717, 1.165) is 17.7 Å². The Morgan fingerprint density at radius 3 is 2.64 bits per heavy atom. The predicted octanol–water partition coefficient (Wildman–Crippen LogP) is 1.93. The van der Waals surface area contributed by atoms with E-state index < -0.39 is 16.1 Å². The normalized spacial score (nSPS) is 15.9. The summed E-state index contributed by atoms with van der Waals surface area (Å²) in [7, 11) is -3.43. The molecule has 6 heteroatoms. The van der Waals surface area contributed by atoms with Gasteiger partial charge in [-0.25, -0.2) is 13.1 Å². The summed E-state index contributed by atoms with van der Waals surface area (Å²) in [4.78, 5) is 14.5. The Hall–Kier alpha value is -1.40. The molecule has 1 aromatic carbocycles. The van der Waals surface area contributed by atoms with Gasteiger partial charge in [-0.1, -0.05) is 39.0 Å². The van der Waals surface area contributed by atoms with E-state index in [1.54, 1.807) is 4.90 Å². The molecule has 0 bridgehead atoms. The van der Waals surface area contributed by atoms with Crippen LogP contribution in [0.3, 0.4) is 0 Å². The number of rotatable bonds is 6. The van der Waals surface area contributed by atoms with Gasteiger partial charge in [-0.2, -0.15) is 0 Å². The van der Waals surface area contributed by atoms with Crippen LogP contribution in [-0.2, 0) is 21.2 Å². The molecule has 1 aliphatic rings. The topological polar surface area (TPSA) is 66.5 Å². The van der Waals surface area contributed by atoms with Crippen molar-refractivity contribution < 1.29 is 13.2 Å². The monoisotopic (exact) mass is 324 g/mol. The van der Waals surface area contributed by atoms with Crippen LogP contribution in [0.4, 0.5) is 5.69 Å². The third-order valence-electron chi connectivity index (χ3n) is 3.87. The Labute approximate surface area is 132 Å². The van der Waals surface area contributed by atoms with E-state index in [-0.39, 0.29) is 17.6 Å². The minimum Gasteiger partial charge on any atom is -0.310 e. The van der Waals surface area contributed by atoms with Crippen LogP contribution >= 0.6 is 0 Å². The Bertz CT molecular complexity index is 641. The highest BCUT2D eigenvalue weighted by Gasteiger charge is 2.33. The molecule has 0 fully saturated rings. The highest BCUT2D eigenvalue weighted by atomic mass is 32.2. The Morgan fingerprint density at radius 1 is 1.32 bits per heavy atom. The second-order valence-electron chi connectivity index (χ2n) is 6.03. The Balaban J connectivity index is 2.22. The molecule has 1 aromatic rings. The van der Waals surface area contributed by atoms with Crippen molar-refractivity contribution in [2.75, 3.05) is 17.2 Å². The minimum absolute atomic E-state index is 0.0418. The van der Waals surface area contributed by atoms with Gasteiger partial charge in [0.1, 0.15) is 6.04 Å². The van der Waals surface area contributed by atoms with E-state index in [0.29, 0.717) is 13.0 Å². The van der Waals surface area contributed by atoms with Gasteiger partial charge < -0.3 is 4.90 Å². The number of sulfonamides is 1. The summed E-state index contributed by atoms with van der Waals surface area (Å²) in [6.07, 6.45) is 1.34. The number of nitrogens with zero attached hydrogens (tertiary/aromatic N) is 1. The standard InChI is InChI=1S/C16H24N2O3S/c1-4-11-22(20,21)17-15(12(2)3)16(19)18-10-9-13-7-5-6-8-14(13)18/h5-8,12,15,17H,4,9-11H2,1-3H3/t15-/m1/s1. The molecule has 1 amide bonds. The van der Waals surface area contributed by atoms with E-state index in [2.05, 4.69) is 4.72 Å². The maximum absolute atomic E-state index is 12.8. The maximum Gasteiger partial charge on any atom is 0.245 e. The number of anilines is 1. The quantitative estimate of drug-likeness (QED) is 0.869. The van der Waals surface area contributed by atoms with Crippen LogP contribution in [-0.4, -0.2) is 32.7 Å². The molecule has 1 aliphatic heterocycles. The van der Waals surface area contributed by atoms with Gasteiger partial charge in [-0.3, -0.25) is 4.79 Å². The van der Waals surface area contributed by atoms with Crippen molar-refractivity contribution in [2.24, 2.45) is 5.92 Å². The highest BCUT2D eigenvalue weighted by molar-refractivity contribution is 7.89. The summed E-state index contributed by atoms with van der Waals surface area (Å²) in [5, 5.41) is 0. The number of fused-ring (bicyclic) bond motifs is 1. The fourth-order valence-corrected chi connectivity index (χ4v) is 4.14. The molecule has 0 saturated carbocycles. The fraction of sp³-hybridized carbons (Fsp3) is 0.562. The highest BCUT2D eigenvalue weighted by Crippen LogP contribution is 2.28. The van der Waals surface area contributed by atoms with Gasteiger partial charge in [-0.05, 0) is 30.4 Å². The molecule has 1 atom stereocenters. The summed E-state index contributed by atoms with van der Waals surface area (Å²) in [6, 6.07) is 7.06. The van der Waals surface area contributed by atoms with Crippen molar-refractivity contribution in [3.63, 3.8) is 0 Å². The van der Waals surface area contributed by atoms with Gasteiger partial charge >= 0.3 is 0 Å². The zero-order valence-electron chi connectivity index (χ0n) is 13.4. The number of carbonyl (C=O) groups excluding carboxylic acids is 1. The minimum atomic E-state index is -3.43. The zero-order valence-corrected chi connectivity index (χ0v) is 14.2. The van der Waals surface area contributed by atoms with E-state index in [9.17, 15) is 13.2 Å². The average molecular weight is 324 g/mol. The van der Waals surface area contributed by atoms with Crippen molar-refractivity contribution in [2.45, 2.75) is 39.7 Å². The van der Waals surface area contributed by atoms with Crippen LogP contribution in [0.2, 0.25) is 0 Å². The third-order valence-corrected chi connectivity index (χ3v) is 5.42. The van der Waals surface area contributed by atoms with Crippen molar-refractivity contribution in [1.29, 1.82) is 0 Å². The fourth-order valence-electron chi connectivity index (χ4n) is 2.73. The lowest BCUT2D eigenvalue weighted by Gasteiger charge is -2.27. The molecule has 0 radical (unpaired) electrons. The van der Waals surface area contributed by atoms with Gasteiger partial charge in [0.25, 0.3) is 0 Å². The molecule has 0 aromatic heterocycles. The summed E-state index contributed by atoms with van der Waals surface area (Å²) in [5.74, 6) is -0.230. The lowest BCUT2D eigenvalue weighted by molar-refractivity contribution is -0.121. The molecule has 0 saturated heterocycles. The second kappa shape index (κ2) is 6.79. The average Bonchev–Trinajstić information content (AvgIpc) is 2.87. The van der Waals surface area contributed by atoms with Gasteiger partial charge in [0, 0.05) is 12.2 Å². The zero-order chi connectivity index (χ0) is 16.3. The van der Waals surface area contributed by atoms with Crippen LogP contribution in [0.25, 0.3) is 0 Å². The number of para-hydroxylation sites is 1. The number of benzene rings is 1. The molecule has 22 heavy (non-hydrogen) atoms. The van der Waals surface area contributed by atoms with Crippen LogP contribution in [0, 0.1) is 5.92 Å². The number of hydrogen-bond acceptors (Lipinski definition) is 3. The van der Waals surface area contributed by atoms with Gasteiger partial charge in [-0.15, -0.1) is 0 Å². The summed E-state index contributed by atoms with van der Waals surface area (Å²) in [6.45, 7) is 6.14. The molecule has 1 N–H and O–H groups in total. The van der Waals surface area contributed by atoms with E-state index in [1.807, 2.05) is 45.0 Å². The van der Waals surface area contributed by atoms with Crippen LogP contribution in [0.15, 0.2) is 24.3 Å². The molecule has 0 unspecified atom stereocenters. The number of hydrogen-bond donors (Lipinski definition) is 1. The van der Waals surface area contributed by atoms with Gasteiger partial charge in [0.05, 0.1) is 5.75 Å². The maximum atomic E-state index is 12.8. The van der Waals surface area contributed by atoms with E-state index in [1.165, 1.54) is 0 Å². The summed E-state index contributed by atoms with van der Waals surface area (Å²) >= 11 is 0. The Kier molecular flexibility index (Phi) is 5.24. The van der Waals surface area contributed by atoms with Crippen molar-refractivity contribution >= 4 is 21.6 Å². The van der Waals surface area contributed by atoms with Crippen molar-refractivity contribution in [3.8, 4) is 0 Å². The van der Waals surface area contributed by atoms with Gasteiger partial charge in [0.2, 0.25) is 15.9 Å². The first-order valence-electron chi connectivity index (χ1n) is 7.75. The smallest absolute Gasteiger partial charge is 0.245 e. The predicted molar refractivity (Wildman–Crippen MR) is 88.3 cm³/mol. The van der Waals surface area contributed by atoms with Crippen LogP contribution in [0.1, 0.15) is 32.8 Å². The molecular formula is C16H24N2O3S. The van der Waals surface area contributed by atoms with Gasteiger partial charge in [0.15, 0.2) is 0 Å². The van der Waals surface area contributed by atoms with E-state index in [4.69, 9.17) is 0 Å². The first-order chi connectivity index (χ1) is 10.4. The first kappa shape index (κ1) is 17.0. The van der Waals surface area contributed by atoms with E-state index >= 15 is 0 Å². The van der Waals surface area contributed by atoms with Crippen molar-refractivity contribution in [3.05, 3.63) is 29.8 Å². The molecule has 0 aliphatic carbocycles. The summed E-state index contributed by atoms with van der Waals surface area (Å²) in [5.41, 5.74) is 2.03. The lowest BCUT2D eigenvalue weighted by atomic mass is 10.0. The molecule has 2 rings (SSSR count). The number of nitrogens with one attached hydrogen (secondary N) is 1. The molecule has 5 nitrogen and oxygen atoms in total. The molecule has 122 valence electrons. The van der Waals surface area contributed by atoms with Crippen LogP contribution < -0.4 is 9.62 Å². The second-order valence-corrected chi connectivity index (χ2v) is 7.90. The third kappa shape index (κ3) is 3.67. The largest absolute Gasteiger partial charge is 0.310 e. The molecule has 1 heterocycles. The van der Waals surface area contributed by atoms with Crippen LogP contribution in [0.5, 0.6) is 0 Å². The lowest BCUT2D eigenvalue weighted by Crippen LogP contribution is -2.51. The summed E-state index contributed by atoms with van der Waals surface area (Å²) < 4.78 is 26.6. The number of amides is 1. The Morgan fingerprint density at radius 2 is 2.00 bits per heavy atom. The first-order valence-corrected chi connectivity index (χ1v) is 9.40. The SMILES string of the molecule is CCCS(=O)(=O)N[C@@H](C(=O)N1CCc2ccccc21)C(C)C.